The van der Waals surface area contributed by atoms with Crippen LogP contribution in [0.2, 0.25) is 5.02 Å². The number of aryl methyl sites for hydroxylation is 1. The molecular weight excluding hydrogens is 328 g/mol. The monoisotopic (exact) mass is 346 g/mol. The van der Waals surface area contributed by atoms with Crippen molar-refractivity contribution in [3.8, 4) is 0 Å². The van der Waals surface area contributed by atoms with Gasteiger partial charge in [-0.15, -0.1) is 0 Å². The first-order valence-corrected chi connectivity index (χ1v) is 8.23. The van der Waals surface area contributed by atoms with Gasteiger partial charge in [0, 0.05) is 45.1 Å². The first kappa shape index (κ1) is 16.7. The van der Waals surface area contributed by atoms with Crippen molar-refractivity contribution in [3.05, 3.63) is 62.8 Å². The highest BCUT2D eigenvalue weighted by atomic mass is 35.5. The molecule has 0 aliphatic carbocycles. The predicted octanol–water partition coefficient (Wildman–Crippen LogP) is 1.69. The van der Waals surface area contributed by atoms with Crippen molar-refractivity contribution in [2.45, 2.75) is 13.5 Å². The molecule has 0 spiro atoms. The molecule has 1 N–H and O–H groups in total. The number of aromatic nitrogens is 2. The van der Waals surface area contributed by atoms with Gasteiger partial charge in [0.15, 0.2) is 0 Å². The summed E-state index contributed by atoms with van der Waals surface area (Å²) < 4.78 is 0. The van der Waals surface area contributed by atoms with Crippen molar-refractivity contribution in [2.24, 2.45) is 0 Å². The van der Waals surface area contributed by atoms with Crippen LogP contribution >= 0.6 is 11.6 Å². The third kappa shape index (κ3) is 3.66. The molecule has 2 aromatic heterocycles. The Labute approximate surface area is 145 Å². The van der Waals surface area contributed by atoms with E-state index >= 15 is 0 Å². The number of halogens is 1. The van der Waals surface area contributed by atoms with Gasteiger partial charge in [0.1, 0.15) is 5.56 Å². The lowest BCUT2D eigenvalue weighted by molar-refractivity contribution is 0.0625. The summed E-state index contributed by atoms with van der Waals surface area (Å²) in [6, 6.07) is 5.40. The Morgan fingerprint density at radius 2 is 2.08 bits per heavy atom. The van der Waals surface area contributed by atoms with E-state index in [1.54, 1.807) is 11.1 Å². The van der Waals surface area contributed by atoms with E-state index in [1.165, 1.54) is 17.8 Å². The minimum absolute atomic E-state index is 0.0940. The molecule has 0 radical (unpaired) electrons. The smallest absolute Gasteiger partial charge is 0.260 e. The third-order valence-electron chi connectivity index (χ3n) is 4.25. The molecule has 0 atom stereocenters. The number of amides is 1. The van der Waals surface area contributed by atoms with Gasteiger partial charge in [-0.05, 0) is 24.6 Å². The summed E-state index contributed by atoms with van der Waals surface area (Å²) in [6.07, 6.45) is 3.18. The van der Waals surface area contributed by atoms with E-state index in [0.29, 0.717) is 18.1 Å². The van der Waals surface area contributed by atoms with Crippen LogP contribution in [0.15, 0.2) is 35.4 Å². The zero-order valence-corrected chi connectivity index (χ0v) is 14.2. The van der Waals surface area contributed by atoms with Crippen LogP contribution < -0.4 is 5.56 Å². The van der Waals surface area contributed by atoms with Crippen LogP contribution in [0.1, 0.15) is 21.6 Å². The second-order valence-electron chi connectivity index (χ2n) is 5.90. The van der Waals surface area contributed by atoms with Crippen LogP contribution in [-0.2, 0) is 6.54 Å². The molecule has 1 aliphatic heterocycles. The molecular formula is C17H19ClN4O2. The van der Waals surface area contributed by atoms with E-state index in [9.17, 15) is 9.59 Å². The van der Waals surface area contributed by atoms with E-state index in [4.69, 9.17) is 11.6 Å². The molecule has 24 heavy (non-hydrogen) atoms. The summed E-state index contributed by atoms with van der Waals surface area (Å²) in [4.78, 5) is 35.2. The van der Waals surface area contributed by atoms with Gasteiger partial charge in [-0.25, -0.2) is 0 Å². The molecule has 126 valence electrons. The fourth-order valence-electron chi connectivity index (χ4n) is 2.79. The van der Waals surface area contributed by atoms with Crippen LogP contribution in [0, 0.1) is 6.92 Å². The topological polar surface area (TPSA) is 69.3 Å². The highest BCUT2D eigenvalue weighted by Crippen LogP contribution is 2.13. The van der Waals surface area contributed by atoms with Crippen LogP contribution in [0.25, 0.3) is 0 Å². The summed E-state index contributed by atoms with van der Waals surface area (Å²) >= 11 is 5.87. The number of H-pyrrole nitrogens is 1. The zero-order chi connectivity index (χ0) is 17.1. The average Bonchev–Trinajstić information content (AvgIpc) is 2.59. The third-order valence-corrected chi connectivity index (χ3v) is 4.47. The van der Waals surface area contributed by atoms with Gasteiger partial charge < -0.3 is 9.88 Å². The van der Waals surface area contributed by atoms with Crippen molar-refractivity contribution < 1.29 is 4.79 Å². The van der Waals surface area contributed by atoms with Gasteiger partial charge in [0.25, 0.3) is 11.5 Å². The molecule has 1 saturated heterocycles. The maximum absolute atomic E-state index is 12.5. The summed E-state index contributed by atoms with van der Waals surface area (Å²) in [5.74, 6) is -0.271. The normalized spacial score (nSPS) is 15.5. The van der Waals surface area contributed by atoms with Gasteiger partial charge in [-0.1, -0.05) is 17.7 Å². The van der Waals surface area contributed by atoms with E-state index in [0.717, 1.165) is 25.3 Å². The summed E-state index contributed by atoms with van der Waals surface area (Å²) in [6.45, 7) is 5.48. The molecule has 3 rings (SSSR count). The molecule has 2 aromatic rings. The van der Waals surface area contributed by atoms with Gasteiger partial charge in [-0.2, -0.15) is 0 Å². The van der Waals surface area contributed by atoms with E-state index in [1.807, 2.05) is 19.1 Å². The maximum atomic E-state index is 12.5. The lowest BCUT2D eigenvalue weighted by atomic mass is 10.2. The van der Waals surface area contributed by atoms with Gasteiger partial charge in [0.05, 0.1) is 10.7 Å². The van der Waals surface area contributed by atoms with E-state index in [-0.39, 0.29) is 11.5 Å². The van der Waals surface area contributed by atoms with Crippen LogP contribution in [0.3, 0.4) is 0 Å². The number of carbonyl (C=O) groups is 1. The minimum Gasteiger partial charge on any atom is -0.336 e. The summed E-state index contributed by atoms with van der Waals surface area (Å²) in [7, 11) is 0. The SMILES string of the molecule is Cc1cccnc1CN1CCN(C(=O)c2cc(Cl)c[nH]c2=O)CC1. The van der Waals surface area contributed by atoms with Gasteiger partial charge in [-0.3, -0.25) is 19.5 Å². The average molecular weight is 347 g/mol. The molecule has 0 saturated carbocycles. The van der Waals surface area contributed by atoms with Crippen LogP contribution in [0.5, 0.6) is 0 Å². The fourth-order valence-corrected chi connectivity index (χ4v) is 2.96. The number of hydrogen-bond donors (Lipinski definition) is 1. The number of hydrogen-bond acceptors (Lipinski definition) is 4. The Kier molecular flexibility index (Phi) is 4.97. The molecule has 1 fully saturated rings. The molecule has 3 heterocycles. The fraction of sp³-hybridized carbons (Fsp3) is 0.353. The van der Waals surface area contributed by atoms with Crippen LogP contribution in [-0.4, -0.2) is 51.9 Å². The number of rotatable bonds is 3. The highest BCUT2D eigenvalue weighted by molar-refractivity contribution is 6.30. The second-order valence-corrected chi connectivity index (χ2v) is 6.33. The Morgan fingerprint density at radius 3 is 2.79 bits per heavy atom. The molecule has 0 aromatic carbocycles. The molecule has 1 amide bonds. The number of aromatic amines is 1. The summed E-state index contributed by atoms with van der Waals surface area (Å²) in [5.41, 5.74) is 1.91. The van der Waals surface area contributed by atoms with Crippen molar-refractivity contribution in [1.82, 2.24) is 19.8 Å². The number of pyridine rings is 2. The number of piperazine rings is 1. The first-order valence-electron chi connectivity index (χ1n) is 7.85. The largest absolute Gasteiger partial charge is 0.336 e. The van der Waals surface area contributed by atoms with Crippen molar-refractivity contribution in [2.75, 3.05) is 26.2 Å². The molecule has 0 bridgehead atoms. The number of nitrogens with one attached hydrogen (secondary N) is 1. The van der Waals surface area contributed by atoms with Crippen molar-refractivity contribution >= 4 is 17.5 Å². The van der Waals surface area contributed by atoms with Gasteiger partial charge >= 0.3 is 0 Å². The highest BCUT2D eigenvalue weighted by Gasteiger charge is 2.24. The van der Waals surface area contributed by atoms with E-state index in [2.05, 4.69) is 14.9 Å². The van der Waals surface area contributed by atoms with Crippen LogP contribution in [0.4, 0.5) is 0 Å². The molecule has 7 heteroatoms. The second kappa shape index (κ2) is 7.15. The number of carbonyl (C=O) groups excluding carboxylic acids is 1. The number of nitrogens with zero attached hydrogens (tertiary/aromatic N) is 3. The van der Waals surface area contributed by atoms with E-state index < -0.39 is 5.56 Å². The molecule has 1 aliphatic rings. The molecule has 6 nitrogen and oxygen atoms in total. The quantitative estimate of drug-likeness (QED) is 0.918. The predicted molar refractivity (Wildman–Crippen MR) is 92.2 cm³/mol. The molecule has 0 unspecified atom stereocenters. The van der Waals surface area contributed by atoms with Crippen molar-refractivity contribution in [1.29, 1.82) is 0 Å². The summed E-state index contributed by atoms with van der Waals surface area (Å²) in [5, 5.41) is 0.349. The lowest BCUT2D eigenvalue weighted by Gasteiger charge is -2.34. The zero-order valence-electron chi connectivity index (χ0n) is 13.5. The Morgan fingerprint density at radius 1 is 1.33 bits per heavy atom. The Bertz CT molecular complexity index is 797. The standard InChI is InChI=1S/C17H19ClN4O2/c1-12-3-2-4-19-15(12)11-21-5-7-22(8-6-21)17(24)14-9-13(18)10-20-16(14)23/h2-4,9-10H,5-8,11H2,1H3,(H,20,23). The Balaban J connectivity index is 1.63. The minimum atomic E-state index is -0.407. The van der Waals surface area contributed by atoms with Gasteiger partial charge in [0.2, 0.25) is 0 Å². The van der Waals surface area contributed by atoms with Crippen molar-refractivity contribution in [3.63, 3.8) is 0 Å². The Hall–Kier alpha value is -2.18. The lowest BCUT2D eigenvalue weighted by Crippen LogP contribution is -2.49. The first-order chi connectivity index (χ1) is 11.5. The maximum Gasteiger partial charge on any atom is 0.260 e.